The van der Waals surface area contributed by atoms with Crippen molar-refractivity contribution in [2.24, 2.45) is 0 Å². The first-order chi connectivity index (χ1) is 6.36. The van der Waals surface area contributed by atoms with Crippen molar-refractivity contribution in [1.29, 1.82) is 0 Å². The third kappa shape index (κ3) is 1.59. The average molecular weight is 188 g/mol. The van der Waals surface area contributed by atoms with Crippen molar-refractivity contribution in [3.63, 3.8) is 0 Å². The topological polar surface area (TPSA) is 36.9 Å². The van der Waals surface area contributed by atoms with Crippen LogP contribution in [-0.2, 0) is 18.9 Å². The van der Waals surface area contributed by atoms with Crippen LogP contribution in [0.1, 0.15) is 6.92 Å². The van der Waals surface area contributed by atoms with Crippen molar-refractivity contribution in [3.8, 4) is 0 Å². The van der Waals surface area contributed by atoms with Crippen molar-refractivity contribution in [2.45, 2.75) is 31.3 Å². The summed E-state index contributed by atoms with van der Waals surface area (Å²) < 4.78 is 21.9. The van der Waals surface area contributed by atoms with Crippen LogP contribution < -0.4 is 0 Å². The Labute approximate surface area is 78.1 Å². The summed E-state index contributed by atoms with van der Waals surface area (Å²) in [5.74, 6) is 0. The van der Waals surface area contributed by atoms with E-state index < -0.39 is 0 Å². The van der Waals surface area contributed by atoms with Gasteiger partial charge in [-0.15, -0.1) is 0 Å². The van der Waals surface area contributed by atoms with Gasteiger partial charge < -0.3 is 18.9 Å². The lowest BCUT2D eigenvalue weighted by Crippen LogP contribution is -2.33. The van der Waals surface area contributed by atoms with Crippen LogP contribution in [0, 0.1) is 0 Å². The van der Waals surface area contributed by atoms with Crippen LogP contribution >= 0.6 is 0 Å². The van der Waals surface area contributed by atoms with E-state index in [1.165, 1.54) is 0 Å². The highest BCUT2D eigenvalue weighted by atomic mass is 16.6. The SMILES string of the molecule is CCOC1COC2C(OC)COC12. The number of hydrogen-bond donors (Lipinski definition) is 0. The molecule has 4 unspecified atom stereocenters. The van der Waals surface area contributed by atoms with Crippen LogP contribution in [0.2, 0.25) is 0 Å². The largest absolute Gasteiger partial charge is 0.376 e. The van der Waals surface area contributed by atoms with E-state index in [1.54, 1.807) is 7.11 Å². The van der Waals surface area contributed by atoms with Gasteiger partial charge in [0.15, 0.2) is 0 Å². The van der Waals surface area contributed by atoms with Gasteiger partial charge in [-0.05, 0) is 6.92 Å². The summed E-state index contributed by atoms with van der Waals surface area (Å²) in [7, 11) is 1.69. The monoisotopic (exact) mass is 188 g/mol. The molecule has 2 fully saturated rings. The Morgan fingerprint density at radius 3 is 2.38 bits per heavy atom. The molecule has 2 aliphatic heterocycles. The third-order valence-corrected chi connectivity index (χ3v) is 2.65. The Hall–Kier alpha value is -0.160. The highest BCUT2D eigenvalue weighted by Gasteiger charge is 2.48. The van der Waals surface area contributed by atoms with Crippen LogP contribution in [0.5, 0.6) is 0 Å². The van der Waals surface area contributed by atoms with E-state index in [2.05, 4.69) is 0 Å². The molecule has 76 valence electrons. The second-order valence-corrected chi connectivity index (χ2v) is 3.36. The number of hydrogen-bond acceptors (Lipinski definition) is 4. The Balaban J connectivity index is 1.95. The molecule has 0 bridgehead atoms. The zero-order valence-electron chi connectivity index (χ0n) is 8.06. The molecule has 2 rings (SSSR count). The molecule has 2 saturated heterocycles. The number of fused-ring (bicyclic) bond motifs is 1. The second-order valence-electron chi connectivity index (χ2n) is 3.36. The van der Waals surface area contributed by atoms with Gasteiger partial charge in [0.05, 0.1) is 13.2 Å². The van der Waals surface area contributed by atoms with Gasteiger partial charge in [-0.1, -0.05) is 0 Å². The molecule has 13 heavy (non-hydrogen) atoms. The minimum absolute atomic E-state index is 0.0709. The second kappa shape index (κ2) is 3.92. The Bertz CT molecular complexity index is 173. The molecule has 0 aromatic carbocycles. The summed E-state index contributed by atoms with van der Waals surface area (Å²) in [5, 5.41) is 0. The Morgan fingerprint density at radius 2 is 1.77 bits per heavy atom. The van der Waals surface area contributed by atoms with Gasteiger partial charge in [0.25, 0.3) is 0 Å². The van der Waals surface area contributed by atoms with E-state index in [-0.39, 0.29) is 24.4 Å². The highest BCUT2D eigenvalue weighted by molar-refractivity contribution is 4.95. The molecule has 0 radical (unpaired) electrons. The smallest absolute Gasteiger partial charge is 0.115 e. The van der Waals surface area contributed by atoms with E-state index in [9.17, 15) is 0 Å². The van der Waals surface area contributed by atoms with Crippen molar-refractivity contribution in [3.05, 3.63) is 0 Å². The van der Waals surface area contributed by atoms with Crippen LogP contribution in [0.4, 0.5) is 0 Å². The first-order valence-electron chi connectivity index (χ1n) is 4.74. The van der Waals surface area contributed by atoms with Crippen molar-refractivity contribution in [1.82, 2.24) is 0 Å². The molecule has 2 aliphatic rings. The fourth-order valence-corrected chi connectivity index (χ4v) is 1.99. The molecular formula is C9H16O4. The zero-order chi connectivity index (χ0) is 9.26. The molecule has 0 N–H and O–H groups in total. The molecule has 0 aromatic rings. The first-order valence-corrected chi connectivity index (χ1v) is 4.74. The fraction of sp³-hybridized carbons (Fsp3) is 1.00. The quantitative estimate of drug-likeness (QED) is 0.634. The molecule has 0 saturated carbocycles. The van der Waals surface area contributed by atoms with Gasteiger partial charge in [-0.2, -0.15) is 0 Å². The molecule has 0 aliphatic carbocycles. The average Bonchev–Trinajstić information content (AvgIpc) is 2.68. The summed E-state index contributed by atoms with van der Waals surface area (Å²) in [5.41, 5.74) is 0. The molecular weight excluding hydrogens is 172 g/mol. The fourth-order valence-electron chi connectivity index (χ4n) is 1.99. The molecule has 4 nitrogen and oxygen atoms in total. The molecule has 4 atom stereocenters. The third-order valence-electron chi connectivity index (χ3n) is 2.65. The molecule has 2 heterocycles. The lowest BCUT2D eigenvalue weighted by atomic mass is 10.1. The summed E-state index contributed by atoms with van der Waals surface area (Å²) >= 11 is 0. The van der Waals surface area contributed by atoms with Gasteiger partial charge in [-0.3, -0.25) is 0 Å². The highest BCUT2D eigenvalue weighted by Crippen LogP contribution is 2.29. The molecule has 0 amide bonds. The minimum Gasteiger partial charge on any atom is -0.376 e. The van der Waals surface area contributed by atoms with Crippen molar-refractivity contribution in [2.75, 3.05) is 26.9 Å². The number of methoxy groups -OCH3 is 1. The maximum Gasteiger partial charge on any atom is 0.115 e. The molecule has 0 spiro atoms. The Kier molecular flexibility index (Phi) is 2.83. The molecule has 4 heteroatoms. The first kappa shape index (κ1) is 9.40. The zero-order valence-corrected chi connectivity index (χ0v) is 8.06. The summed E-state index contributed by atoms with van der Waals surface area (Å²) in [6, 6.07) is 0. The van der Waals surface area contributed by atoms with Gasteiger partial charge in [0.2, 0.25) is 0 Å². The van der Waals surface area contributed by atoms with E-state index in [4.69, 9.17) is 18.9 Å². The summed E-state index contributed by atoms with van der Waals surface area (Å²) in [4.78, 5) is 0. The van der Waals surface area contributed by atoms with E-state index in [0.29, 0.717) is 19.8 Å². The van der Waals surface area contributed by atoms with Crippen LogP contribution in [0.3, 0.4) is 0 Å². The molecule has 0 aromatic heterocycles. The van der Waals surface area contributed by atoms with Gasteiger partial charge in [0.1, 0.15) is 24.4 Å². The maximum atomic E-state index is 5.57. The van der Waals surface area contributed by atoms with E-state index in [0.717, 1.165) is 0 Å². The predicted octanol–water partition coefficient (Wildman–Crippen LogP) is 0.204. The lowest BCUT2D eigenvalue weighted by Gasteiger charge is -2.15. The maximum absolute atomic E-state index is 5.57. The Morgan fingerprint density at radius 1 is 1.15 bits per heavy atom. The summed E-state index contributed by atoms with van der Waals surface area (Å²) in [6.45, 7) is 3.94. The van der Waals surface area contributed by atoms with Gasteiger partial charge in [0, 0.05) is 13.7 Å². The van der Waals surface area contributed by atoms with Crippen LogP contribution in [0.25, 0.3) is 0 Å². The summed E-state index contributed by atoms with van der Waals surface area (Å²) in [6.07, 6.45) is 0.317. The lowest BCUT2D eigenvalue weighted by molar-refractivity contribution is -0.0383. The number of rotatable bonds is 3. The van der Waals surface area contributed by atoms with Gasteiger partial charge >= 0.3 is 0 Å². The normalized spacial score (nSPS) is 43.8. The van der Waals surface area contributed by atoms with E-state index in [1.807, 2.05) is 6.92 Å². The minimum atomic E-state index is 0.0709. The van der Waals surface area contributed by atoms with Crippen LogP contribution in [0.15, 0.2) is 0 Å². The van der Waals surface area contributed by atoms with E-state index >= 15 is 0 Å². The standard InChI is InChI=1S/C9H16O4/c1-3-11-7-5-13-8-6(10-2)4-12-9(7)8/h6-9H,3-5H2,1-2H3. The number of ether oxygens (including phenoxy) is 4. The van der Waals surface area contributed by atoms with Crippen molar-refractivity contribution >= 4 is 0 Å². The van der Waals surface area contributed by atoms with Crippen molar-refractivity contribution < 1.29 is 18.9 Å². The van der Waals surface area contributed by atoms with Crippen LogP contribution in [-0.4, -0.2) is 51.3 Å². The van der Waals surface area contributed by atoms with Gasteiger partial charge in [-0.25, -0.2) is 0 Å². The predicted molar refractivity (Wildman–Crippen MR) is 45.7 cm³/mol.